The van der Waals surface area contributed by atoms with Crippen molar-refractivity contribution in [2.45, 2.75) is 6.36 Å². The molecule has 2 aromatic rings. The number of alkyl halides is 3. The van der Waals surface area contributed by atoms with E-state index in [0.29, 0.717) is 5.56 Å². The van der Waals surface area contributed by atoms with E-state index in [9.17, 15) is 18.0 Å². The van der Waals surface area contributed by atoms with Crippen molar-refractivity contribution in [1.82, 2.24) is 4.98 Å². The number of carboxylic acid groups (broad SMARTS) is 1. The van der Waals surface area contributed by atoms with Gasteiger partial charge in [0.05, 0.1) is 5.56 Å². The normalized spacial score (nSPS) is 11.2. The number of benzene rings is 1. The lowest BCUT2D eigenvalue weighted by Gasteiger charge is -2.12. The highest BCUT2D eigenvalue weighted by molar-refractivity contribution is 5.96. The molecular formula is C13H8F3NO3. The van der Waals surface area contributed by atoms with Crippen molar-refractivity contribution in [2.75, 3.05) is 0 Å². The molecule has 0 unspecified atom stereocenters. The second-order valence-electron chi connectivity index (χ2n) is 3.80. The number of halogens is 3. The lowest BCUT2D eigenvalue weighted by molar-refractivity contribution is -0.274. The Bertz CT molecular complexity index is 627. The van der Waals surface area contributed by atoms with E-state index in [1.54, 1.807) is 12.1 Å². The Labute approximate surface area is 111 Å². The molecule has 0 aliphatic carbocycles. The maximum Gasteiger partial charge on any atom is 0.573 e. The van der Waals surface area contributed by atoms with Crippen LogP contribution >= 0.6 is 0 Å². The van der Waals surface area contributed by atoms with Gasteiger partial charge in [0.15, 0.2) is 0 Å². The first-order valence-electron chi connectivity index (χ1n) is 5.40. The first-order valence-corrected chi connectivity index (χ1v) is 5.40. The molecule has 1 aromatic carbocycles. The third-order valence-corrected chi connectivity index (χ3v) is 2.43. The van der Waals surface area contributed by atoms with Crippen molar-refractivity contribution < 1.29 is 27.8 Å². The number of carboxylic acids is 1. The maximum atomic E-state index is 12.2. The summed E-state index contributed by atoms with van der Waals surface area (Å²) in [6.07, 6.45) is -2.00. The van der Waals surface area contributed by atoms with E-state index in [1.165, 1.54) is 12.4 Å². The molecule has 1 aromatic heterocycles. The predicted octanol–water partition coefficient (Wildman–Crippen LogP) is 3.35. The van der Waals surface area contributed by atoms with Gasteiger partial charge >= 0.3 is 12.3 Å². The van der Waals surface area contributed by atoms with Crippen LogP contribution in [0.15, 0.2) is 42.7 Å². The summed E-state index contributed by atoms with van der Waals surface area (Å²) in [4.78, 5) is 14.9. The number of nitrogens with zero attached hydrogens (tertiary/aromatic N) is 1. The molecule has 0 aliphatic heterocycles. The Kier molecular flexibility index (Phi) is 3.60. The third kappa shape index (κ3) is 3.25. The Hall–Kier alpha value is -2.57. The first kappa shape index (κ1) is 13.9. The molecule has 2 rings (SSSR count). The smallest absolute Gasteiger partial charge is 0.478 e. The molecule has 0 saturated heterocycles. The molecule has 7 heteroatoms. The molecule has 1 heterocycles. The van der Waals surface area contributed by atoms with E-state index >= 15 is 0 Å². The molecule has 0 aliphatic rings. The molecule has 4 nitrogen and oxygen atoms in total. The fourth-order valence-electron chi connectivity index (χ4n) is 1.67. The SMILES string of the molecule is O=C(O)c1ccc(OC(F)(F)F)cc1-c1cccnc1. The quantitative estimate of drug-likeness (QED) is 0.938. The largest absolute Gasteiger partial charge is 0.573 e. The molecule has 0 atom stereocenters. The zero-order valence-corrected chi connectivity index (χ0v) is 9.89. The minimum absolute atomic E-state index is 0.104. The van der Waals surface area contributed by atoms with Crippen molar-refractivity contribution in [3.63, 3.8) is 0 Å². The molecule has 104 valence electrons. The summed E-state index contributed by atoms with van der Waals surface area (Å²) in [5.74, 6) is -1.73. The van der Waals surface area contributed by atoms with Gasteiger partial charge in [0.1, 0.15) is 5.75 Å². The Morgan fingerprint density at radius 3 is 2.55 bits per heavy atom. The summed E-state index contributed by atoms with van der Waals surface area (Å²) in [7, 11) is 0. The van der Waals surface area contributed by atoms with Gasteiger partial charge in [-0.3, -0.25) is 4.98 Å². The van der Waals surface area contributed by atoms with Gasteiger partial charge in [-0.05, 0) is 24.3 Å². The molecule has 1 N–H and O–H groups in total. The van der Waals surface area contributed by atoms with E-state index in [4.69, 9.17) is 5.11 Å². The van der Waals surface area contributed by atoms with Gasteiger partial charge < -0.3 is 9.84 Å². The molecule has 0 amide bonds. The Balaban J connectivity index is 2.51. The second kappa shape index (κ2) is 5.20. The molecular weight excluding hydrogens is 275 g/mol. The number of hydrogen-bond acceptors (Lipinski definition) is 3. The number of aromatic carboxylic acids is 1. The van der Waals surface area contributed by atoms with E-state index in [0.717, 1.165) is 18.2 Å². The third-order valence-electron chi connectivity index (χ3n) is 2.43. The average Bonchev–Trinajstić information content (AvgIpc) is 2.37. The standard InChI is InChI=1S/C13H8F3NO3/c14-13(15,16)20-9-3-4-10(12(18)19)11(6-9)8-2-1-5-17-7-8/h1-7H,(H,18,19). The van der Waals surface area contributed by atoms with Gasteiger partial charge in [-0.1, -0.05) is 6.07 Å². The fourth-order valence-corrected chi connectivity index (χ4v) is 1.67. The topological polar surface area (TPSA) is 59.4 Å². The zero-order valence-electron chi connectivity index (χ0n) is 9.89. The van der Waals surface area contributed by atoms with Crippen LogP contribution in [0.1, 0.15) is 10.4 Å². The molecule has 0 radical (unpaired) electrons. The van der Waals surface area contributed by atoms with Gasteiger partial charge in [0.2, 0.25) is 0 Å². The van der Waals surface area contributed by atoms with Crippen LogP contribution in [-0.2, 0) is 0 Å². The lowest BCUT2D eigenvalue weighted by Crippen LogP contribution is -2.17. The van der Waals surface area contributed by atoms with E-state index in [-0.39, 0.29) is 11.1 Å². The van der Waals surface area contributed by atoms with Crippen molar-refractivity contribution in [1.29, 1.82) is 0 Å². The van der Waals surface area contributed by atoms with Crippen LogP contribution in [0.4, 0.5) is 13.2 Å². The van der Waals surface area contributed by atoms with Crippen molar-refractivity contribution in [3.05, 3.63) is 48.3 Å². The van der Waals surface area contributed by atoms with Gasteiger partial charge in [0, 0.05) is 23.5 Å². The van der Waals surface area contributed by atoms with E-state index in [2.05, 4.69) is 9.72 Å². The minimum Gasteiger partial charge on any atom is -0.478 e. The summed E-state index contributed by atoms with van der Waals surface area (Å²) < 4.78 is 40.3. The lowest BCUT2D eigenvalue weighted by atomic mass is 10.0. The molecule has 0 bridgehead atoms. The van der Waals surface area contributed by atoms with Crippen molar-refractivity contribution in [3.8, 4) is 16.9 Å². The number of hydrogen-bond donors (Lipinski definition) is 1. The van der Waals surface area contributed by atoms with E-state index in [1.807, 2.05) is 0 Å². The molecule has 0 saturated carbocycles. The van der Waals surface area contributed by atoms with Gasteiger partial charge in [-0.15, -0.1) is 13.2 Å². The average molecular weight is 283 g/mol. The van der Waals surface area contributed by atoms with Crippen molar-refractivity contribution in [2.24, 2.45) is 0 Å². The monoisotopic (exact) mass is 283 g/mol. The summed E-state index contributed by atoms with van der Waals surface area (Å²) in [5.41, 5.74) is 0.359. The zero-order chi connectivity index (χ0) is 14.8. The predicted molar refractivity (Wildman–Crippen MR) is 63.3 cm³/mol. The second-order valence-corrected chi connectivity index (χ2v) is 3.80. The number of aromatic nitrogens is 1. The van der Waals surface area contributed by atoms with E-state index < -0.39 is 18.1 Å². The van der Waals surface area contributed by atoms with Crippen LogP contribution in [-0.4, -0.2) is 22.4 Å². The Morgan fingerprint density at radius 2 is 2.00 bits per heavy atom. The first-order chi connectivity index (χ1) is 9.37. The maximum absolute atomic E-state index is 12.2. The minimum atomic E-state index is -4.84. The highest BCUT2D eigenvalue weighted by atomic mass is 19.4. The molecule has 0 spiro atoms. The van der Waals surface area contributed by atoms with Crippen LogP contribution < -0.4 is 4.74 Å². The number of carbonyl (C=O) groups is 1. The van der Waals surface area contributed by atoms with Gasteiger partial charge in [-0.25, -0.2) is 4.79 Å². The summed E-state index contributed by atoms with van der Waals surface area (Å²) >= 11 is 0. The Morgan fingerprint density at radius 1 is 1.25 bits per heavy atom. The number of rotatable bonds is 3. The summed E-state index contributed by atoms with van der Waals surface area (Å²) in [6.45, 7) is 0. The van der Waals surface area contributed by atoms with Gasteiger partial charge in [-0.2, -0.15) is 0 Å². The van der Waals surface area contributed by atoms with Crippen molar-refractivity contribution >= 4 is 5.97 Å². The van der Waals surface area contributed by atoms with Crippen LogP contribution in [0, 0.1) is 0 Å². The fraction of sp³-hybridized carbons (Fsp3) is 0.0769. The van der Waals surface area contributed by atoms with Crippen LogP contribution in [0.2, 0.25) is 0 Å². The summed E-state index contributed by atoms with van der Waals surface area (Å²) in [6, 6.07) is 6.14. The number of pyridine rings is 1. The van der Waals surface area contributed by atoms with Gasteiger partial charge in [0.25, 0.3) is 0 Å². The van der Waals surface area contributed by atoms with Crippen LogP contribution in [0.5, 0.6) is 5.75 Å². The summed E-state index contributed by atoms with van der Waals surface area (Å²) in [5, 5.41) is 9.07. The number of ether oxygens (including phenoxy) is 1. The molecule has 20 heavy (non-hydrogen) atoms. The van der Waals surface area contributed by atoms with Crippen LogP contribution in [0.25, 0.3) is 11.1 Å². The molecule has 0 fully saturated rings. The highest BCUT2D eigenvalue weighted by Gasteiger charge is 2.31. The van der Waals surface area contributed by atoms with Crippen LogP contribution in [0.3, 0.4) is 0 Å². The highest BCUT2D eigenvalue weighted by Crippen LogP contribution is 2.30.